The second-order valence-electron chi connectivity index (χ2n) is 11.3. The zero-order chi connectivity index (χ0) is 22.4. The molecule has 0 aromatic heterocycles. The van der Waals surface area contributed by atoms with Crippen molar-refractivity contribution in [3.05, 3.63) is 0 Å². The van der Waals surface area contributed by atoms with Gasteiger partial charge < -0.3 is 19.3 Å². The van der Waals surface area contributed by atoms with Gasteiger partial charge in [-0.05, 0) is 110 Å². The lowest BCUT2D eigenvalue weighted by Crippen LogP contribution is -2.27. The van der Waals surface area contributed by atoms with E-state index in [0.717, 1.165) is 77.0 Å². The van der Waals surface area contributed by atoms with E-state index in [-0.39, 0.29) is 24.0 Å². The molecule has 0 aromatic rings. The van der Waals surface area contributed by atoms with E-state index in [1.54, 1.807) is 0 Å². The van der Waals surface area contributed by atoms with Gasteiger partial charge in [0.05, 0.1) is 0 Å². The Kier molecular flexibility index (Phi) is 10.8. The van der Waals surface area contributed by atoms with E-state index in [1.165, 1.54) is 0 Å². The van der Waals surface area contributed by atoms with E-state index >= 15 is 0 Å². The van der Waals surface area contributed by atoms with Crippen molar-refractivity contribution < 1.29 is 19.3 Å². The highest BCUT2D eigenvalue weighted by Gasteiger charge is 2.42. The molecule has 0 aliphatic carbocycles. The first-order valence-electron chi connectivity index (χ1n) is 12.1. The normalized spacial score (nSPS) is 32.8. The van der Waals surface area contributed by atoms with Crippen molar-refractivity contribution in [3.63, 3.8) is 0 Å². The summed E-state index contributed by atoms with van der Waals surface area (Å²) in [5.41, 5.74) is -0.0627. The average molecular weight is 463 g/mol. The van der Waals surface area contributed by atoms with Crippen LogP contribution in [0.5, 0.6) is 0 Å². The van der Waals surface area contributed by atoms with Gasteiger partial charge >= 0.3 is 0 Å². The Balaban J connectivity index is 1.67. The number of hydrogen-bond acceptors (Lipinski definition) is 4. The Bertz CT molecular complexity index is 456. The van der Waals surface area contributed by atoms with Crippen LogP contribution in [0.2, 0.25) is 0 Å². The molecular weight excluding hydrogens is 416 g/mol. The maximum Gasteiger partial charge on any atom is 0.116 e. The van der Waals surface area contributed by atoms with Crippen LogP contribution in [0.3, 0.4) is 0 Å². The second kappa shape index (κ2) is 12.1. The monoisotopic (exact) mass is 462 g/mol. The van der Waals surface area contributed by atoms with E-state index in [4.69, 9.17) is 0 Å². The Morgan fingerprint density at radius 2 is 0.933 bits per heavy atom. The topological polar surface area (TPSA) is 86.6 Å². The smallest absolute Gasteiger partial charge is 0.116 e. The van der Waals surface area contributed by atoms with Crippen molar-refractivity contribution in [2.75, 3.05) is 13.2 Å². The van der Waals surface area contributed by atoms with Gasteiger partial charge in [0, 0.05) is 13.2 Å². The van der Waals surface area contributed by atoms with Crippen LogP contribution in [0.15, 0.2) is 0 Å². The zero-order valence-electron chi connectivity index (χ0n) is 19.7. The molecule has 0 bridgehead atoms. The summed E-state index contributed by atoms with van der Waals surface area (Å²) >= 11 is -1.50. The summed E-state index contributed by atoms with van der Waals surface area (Å²) in [6.45, 7) is 8.77. The van der Waals surface area contributed by atoms with Crippen LogP contribution in [0.25, 0.3) is 0 Å². The predicted molar refractivity (Wildman–Crippen MR) is 129 cm³/mol. The Hall–Kier alpha value is 0.540. The zero-order valence-corrected chi connectivity index (χ0v) is 21.4. The predicted octanol–water partition coefficient (Wildman–Crippen LogP) is 4.70. The molecule has 0 saturated carbocycles. The van der Waals surface area contributed by atoms with Gasteiger partial charge in [0.25, 0.3) is 0 Å². The van der Waals surface area contributed by atoms with Gasteiger partial charge in [-0.3, -0.25) is 0 Å². The van der Waals surface area contributed by atoms with E-state index in [9.17, 15) is 19.3 Å². The molecule has 2 fully saturated rings. The van der Waals surface area contributed by atoms with E-state index in [1.807, 2.05) is 0 Å². The summed E-state index contributed by atoms with van der Waals surface area (Å²) in [5.74, 6) is 0. The molecular formula is C24H46O4S2. The second-order valence-corrected chi connectivity index (χ2v) is 15.3. The van der Waals surface area contributed by atoms with Crippen LogP contribution in [0.1, 0.15) is 105 Å². The van der Waals surface area contributed by atoms with Crippen molar-refractivity contribution >= 4 is 22.4 Å². The van der Waals surface area contributed by atoms with Gasteiger partial charge in [-0.25, -0.2) is 0 Å². The molecule has 6 unspecified atom stereocenters. The third-order valence-corrected chi connectivity index (χ3v) is 11.9. The number of aliphatic hydroxyl groups excluding tert-OH is 2. The minimum absolute atomic E-state index is 0.0313. The average Bonchev–Trinajstić information content (AvgIpc) is 3.23. The van der Waals surface area contributed by atoms with Crippen LogP contribution in [-0.4, -0.2) is 53.5 Å². The van der Waals surface area contributed by atoms with E-state index in [2.05, 4.69) is 27.7 Å². The van der Waals surface area contributed by atoms with Gasteiger partial charge in [0.2, 0.25) is 0 Å². The molecule has 2 aliphatic heterocycles. The molecule has 2 saturated heterocycles. The summed E-state index contributed by atoms with van der Waals surface area (Å²) < 4.78 is 25.8. The fourth-order valence-corrected chi connectivity index (χ4v) is 9.04. The lowest BCUT2D eigenvalue weighted by molar-refractivity contribution is 0.147. The fraction of sp³-hybridized carbons (Fsp3) is 1.00. The van der Waals surface area contributed by atoms with Gasteiger partial charge in [-0.2, -0.15) is 0 Å². The molecule has 0 radical (unpaired) electrons. The molecule has 4 nitrogen and oxygen atoms in total. The van der Waals surface area contributed by atoms with Gasteiger partial charge in [-0.1, -0.05) is 27.7 Å². The lowest BCUT2D eigenvalue weighted by Gasteiger charge is -2.24. The highest BCUT2D eigenvalue weighted by Crippen LogP contribution is 2.38. The van der Waals surface area contributed by atoms with Crippen molar-refractivity contribution in [1.82, 2.24) is 0 Å². The quantitative estimate of drug-likeness (QED) is 0.388. The Labute approximate surface area is 191 Å². The molecule has 2 heterocycles. The molecule has 2 rings (SSSR count). The third-order valence-electron chi connectivity index (χ3n) is 7.36. The van der Waals surface area contributed by atoms with Crippen LogP contribution < -0.4 is 0 Å². The summed E-state index contributed by atoms with van der Waals surface area (Å²) in [4.78, 5) is 0. The fourth-order valence-electron chi connectivity index (χ4n) is 4.94. The number of hydrogen-bond donors (Lipinski definition) is 2. The maximum atomic E-state index is 12.9. The van der Waals surface area contributed by atoms with Crippen LogP contribution in [0.4, 0.5) is 0 Å². The maximum absolute atomic E-state index is 12.9. The highest BCUT2D eigenvalue weighted by molar-refractivity contribution is 7.93. The van der Waals surface area contributed by atoms with E-state index < -0.39 is 22.4 Å². The van der Waals surface area contributed by atoms with Crippen LogP contribution in [0, 0.1) is 10.8 Å². The van der Waals surface area contributed by atoms with E-state index in [0.29, 0.717) is 21.0 Å². The summed E-state index contributed by atoms with van der Waals surface area (Å²) in [7, 11) is 0. The minimum atomic E-state index is -0.750. The van der Waals surface area contributed by atoms with Crippen LogP contribution in [-0.2, 0) is 22.4 Å². The molecule has 0 amide bonds. The molecule has 6 atom stereocenters. The first kappa shape index (κ1) is 26.8. The lowest BCUT2D eigenvalue weighted by atomic mass is 9.88. The van der Waals surface area contributed by atoms with Crippen molar-refractivity contribution in [3.8, 4) is 0 Å². The molecule has 0 aromatic carbocycles. The first-order valence-corrected chi connectivity index (χ1v) is 14.6. The first-order chi connectivity index (χ1) is 14.1. The summed E-state index contributed by atoms with van der Waals surface area (Å²) in [6.07, 6.45) is 12.2. The largest absolute Gasteiger partial charge is 0.616 e. The molecule has 178 valence electrons. The van der Waals surface area contributed by atoms with Crippen molar-refractivity contribution in [1.29, 1.82) is 0 Å². The van der Waals surface area contributed by atoms with Gasteiger partial charge in [-0.15, -0.1) is 0 Å². The van der Waals surface area contributed by atoms with Gasteiger partial charge in [0.15, 0.2) is 0 Å². The third kappa shape index (κ3) is 8.15. The van der Waals surface area contributed by atoms with Crippen molar-refractivity contribution in [2.24, 2.45) is 10.8 Å². The minimum Gasteiger partial charge on any atom is -0.616 e. The van der Waals surface area contributed by atoms with Crippen LogP contribution >= 0.6 is 0 Å². The standard InChI is InChI=1S/C24H46O4S2/c1-23(2,17-25)15-5-7-19-9-11-21(29(19)27)13-14-22-12-10-20(30(22)28)8-6-16-24(3,4)18-26/h19-22,25-26H,5-18H2,1-4H3. The molecule has 2 N–H and O–H groups in total. The summed E-state index contributed by atoms with van der Waals surface area (Å²) in [5, 5.41) is 20.0. The molecule has 30 heavy (non-hydrogen) atoms. The van der Waals surface area contributed by atoms with Gasteiger partial charge in [0.1, 0.15) is 21.0 Å². The van der Waals surface area contributed by atoms with Crippen molar-refractivity contribution in [2.45, 2.75) is 126 Å². The SMILES string of the molecule is CC(C)(CO)CCCC1CCC(CCC2CCC(CCCC(C)(C)CO)[S+]2[O-])[S+]1[O-]. The number of aliphatic hydroxyl groups is 2. The Morgan fingerprint density at radius 3 is 1.23 bits per heavy atom. The molecule has 0 spiro atoms. The summed E-state index contributed by atoms with van der Waals surface area (Å²) in [6, 6.07) is 0. The highest BCUT2D eigenvalue weighted by atomic mass is 32.2. The molecule has 2 aliphatic rings. The Morgan fingerprint density at radius 1 is 0.633 bits per heavy atom. The molecule has 6 heteroatoms. The number of rotatable bonds is 13.